The molecule has 1 aliphatic heterocycles. The Morgan fingerprint density at radius 1 is 1.08 bits per heavy atom. The molecule has 1 aliphatic rings. The van der Waals surface area contributed by atoms with E-state index < -0.39 is 10.0 Å². The molecule has 0 fully saturated rings. The van der Waals surface area contributed by atoms with Crippen molar-refractivity contribution in [1.82, 2.24) is 0 Å². The number of nitrogens with zero attached hydrogens (tertiary/aromatic N) is 1. The topological polar surface area (TPSA) is 84.9 Å². The molecule has 3 rings (SSSR count). The maximum atomic E-state index is 12.2. The molecule has 2 aromatic carbocycles. The highest BCUT2D eigenvalue weighted by atomic mass is 32.2. The maximum absolute atomic E-state index is 12.2. The van der Waals surface area contributed by atoms with Gasteiger partial charge in [-0.1, -0.05) is 18.2 Å². The minimum absolute atomic E-state index is 0.0242. The van der Waals surface area contributed by atoms with Crippen molar-refractivity contribution in [3.63, 3.8) is 0 Å². The standard InChI is InChI=1S/C18H20N2O5S/c1-26(22,23)20(10-9-18(21)19-14-5-3-2-4-6-14)15-7-8-16-17(13-15)25-12-11-24-16/h2-8,13H,9-12H2,1H3,(H,19,21). The number of nitrogens with one attached hydrogen (secondary N) is 1. The number of ether oxygens (including phenoxy) is 2. The molecule has 2 aromatic rings. The van der Waals surface area contributed by atoms with Crippen LogP contribution in [-0.4, -0.2) is 40.3 Å². The van der Waals surface area contributed by atoms with Gasteiger partial charge in [0.1, 0.15) is 13.2 Å². The van der Waals surface area contributed by atoms with Crippen LogP contribution in [0.2, 0.25) is 0 Å². The maximum Gasteiger partial charge on any atom is 0.232 e. The quantitative estimate of drug-likeness (QED) is 0.836. The number of carbonyl (C=O) groups is 1. The Bertz CT molecular complexity index is 884. The molecule has 1 amide bonds. The fourth-order valence-electron chi connectivity index (χ4n) is 2.62. The van der Waals surface area contributed by atoms with Crippen molar-refractivity contribution >= 4 is 27.3 Å². The Hall–Kier alpha value is -2.74. The molecule has 0 saturated carbocycles. The summed E-state index contributed by atoms with van der Waals surface area (Å²) in [5, 5.41) is 2.74. The van der Waals surface area contributed by atoms with Crippen molar-refractivity contribution in [2.75, 3.05) is 35.6 Å². The highest BCUT2D eigenvalue weighted by Gasteiger charge is 2.21. The molecular formula is C18H20N2O5S. The number of benzene rings is 2. The summed E-state index contributed by atoms with van der Waals surface area (Å²) in [6.07, 6.45) is 1.13. The first-order valence-electron chi connectivity index (χ1n) is 8.16. The van der Waals surface area contributed by atoms with Gasteiger partial charge in [0.05, 0.1) is 11.9 Å². The van der Waals surface area contributed by atoms with Gasteiger partial charge in [-0.3, -0.25) is 9.10 Å². The number of para-hydroxylation sites is 1. The van der Waals surface area contributed by atoms with Crippen LogP contribution < -0.4 is 19.1 Å². The van der Waals surface area contributed by atoms with E-state index in [0.717, 1.165) is 6.26 Å². The molecule has 0 spiro atoms. The minimum atomic E-state index is -3.56. The average molecular weight is 376 g/mol. The number of amides is 1. The Morgan fingerprint density at radius 3 is 2.46 bits per heavy atom. The van der Waals surface area contributed by atoms with Gasteiger partial charge in [0, 0.05) is 24.7 Å². The molecule has 0 radical (unpaired) electrons. The lowest BCUT2D eigenvalue weighted by Crippen LogP contribution is -2.33. The smallest absolute Gasteiger partial charge is 0.232 e. The molecule has 26 heavy (non-hydrogen) atoms. The summed E-state index contributed by atoms with van der Waals surface area (Å²) in [7, 11) is -3.56. The van der Waals surface area contributed by atoms with Gasteiger partial charge in [0.15, 0.2) is 11.5 Å². The van der Waals surface area contributed by atoms with E-state index in [1.807, 2.05) is 18.2 Å². The van der Waals surface area contributed by atoms with Crippen LogP contribution in [0.1, 0.15) is 6.42 Å². The molecule has 1 heterocycles. The number of carbonyl (C=O) groups excluding carboxylic acids is 1. The third-order valence-electron chi connectivity index (χ3n) is 3.81. The Morgan fingerprint density at radius 2 is 1.77 bits per heavy atom. The van der Waals surface area contributed by atoms with Crippen molar-refractivity contribution in [1.29, 1.82) is 0 Å². The van der Waals surface area contributed by atoms with Crippen LogP contribution in [0.3, 0.4) is 0 Å². The first-order valence-corrected chi connectivity index (χ1v) is 10.0. The number of hydrogen-bond donors (Lipinski definition) is 1. The van der Waals surface area contributed by atoms with Crippen molar-refractivity contribution in [3.8, 4) is 11.5 Å². The van der Waals surface area contributed by atoms with E-state index in [2.05, 4.69) is 5.32 Å². The monoisotopic (exact) mass is 376 g/mol. The van der Waals surface area contributed by atoms with Gasteiger partial charge in [0.2, 0.25) is 15.9 Å². The van der Waals surface area contributed by atoms with Gasteiger partial charge in [-0.15, -0.1) is 0 Å². The summed E-state index contributed by atoms with van der Waals surface area (Å²) in [5.41, 5.74) is 1.10. The third kappa shape index (κ3) is 4.45. The third-order valence-corrected chi connectivity index (χ3v) is 5.01. The van der Waals surface area contributed by atoms with Crippen molar-refractivity contribution in [3.05, 3.63) is 48.5 Å². The van der Waals surface area contributed by atoms with Gasteiger partial charge in [-0.05, 0) is 24.3 Å². The molecule has 0 atom stereocenters. The SMILES string of the molecule is CS(=O)(=O)N(CCC(=O)Nc1ccccc1)c1ccc2c(c1)OCCO2. The predicted molar refractivity (Wildman–Crippen MR) is 99.3 cm³/mol. The highest BCUT2D eigenvalue weighted by molar-refractivity contribution is 7.92. The van der Waals surface area contributed by atoms with Gasteiger partial charge < -0.3 is 14.8 Å². The van der Waals surface area contributed by atoms with Gasteiger partial charge in [-0.2, -0.15) is 0 Å². The first-order chi connectivity index (χ1) is 12.4. The van der Waals surface area contributed by atoms with Crippen LogP contribution in [0.5, 0.6) is 11.5 Å². The van der Waals surface area contributed by atoms with Crippen molar-refractivity contribution in [2.45, 2.75) is 6.42 Å². The number of anilines is 2. The molecule has 138 valence electrons. The zero-order chi connectivity index (χ0) is 18.6. The molecular weight excluding hydrogens is 356 g/mol. The van der Waals surface area contributed by atoms with Crippen LogP contribution >= 0.6 is 0 Å². The van der Waals surface area contributed by atoms with E-state index >= 15 is 0 Å². The highest BCUT2D eigenvalue weighted by Crippen LogP contribution is 2.34. The largest absolute Gasteiger partial charge is 0.486 e. The van der Waals surface area contributed by atoms with E-state index in [1.165, 1.54) is 4.31 Å². The summed E-state index contributed by atoms with van der Waals surface area (Å²) < 4.78 is 36.5. The lowest BCUT2D eigenvalue weighted by molar-refractivity contribution is -0.116. The lowest BCUT2D eigenvalue weighted by Gasteiger charge is -2.25. The van der Waals surface area contributed by atoms with E-state index in [1.54, 1.807) is 30.3 Å². The van der Waals surface area contributed by atoms with E-state index in [9.17, 15) is 13.2 Å². The fraction of sp³-hybridized carbons (Fsp3) is 0.278. The summed E-state index contributed by atoms with van der Waals surface area (Å²) in [6, 6.07) is 13.9. The van der Waals surface area contributed by atoms with Crippen molar-refractivity contribution < 1.29 is 22.7 Å². The second-order valence-electron chi connectivity index (χ2n) is 5.83. The summed E-state index contributed by atoms with van der Waals surface area (Å²) in [6.45, 7) is 0.897. The Balaban J connectivity index is 1.72. The summed E-state index contributed by atoms with van der Waals surface area (Å²) in [4.78, 5) is 12.1. The lowest BCUT2D eigenvalue weighted by atomic mass is 10.2. The first kappa shape index (κ1) is 18.1. The number of hydrogen-bond acceptors (Lipinski definition) is 5. The fourth-order valence-corrected chi connectivity index (χ4v) is 3.54. The van der Waals surface area contributed by atoms with Crippen molar-refractivity contribution in [2.24, 2.45) is 0 Å². The molecule has 0 unspecified atom stereocenters. The zero-order valence-corrected chi connectivity index (χ0v) is 15.2. The van der Waals surface area contributed by atoms with Crippen LogP contribution in [0.25, 0.3) is 0 Å². The van der Waals surface area contributed by atoms with Crippen LogP contribution in [-0.2, 0) is 14.8 Å². The van der Waals surface area contributed by atoms with Crippen LogP contribution in [0, 0.1) is 0 Å². The zero-order valence-electron chi connectivity index (χ0n) is 14.3. The molecule has 1 N–H and O–H groups in total. The molecule has 0 bridgehead atoms. The number of fused-ring (bicyclic) bond motifs is 1. The Labute approximate surface area is 152 Å². The molecule has 0 aliphatic carbocycles. The van der Waals surface area contributed by atoms with Gasteiger partial charge in [-0.25, -0.2) is 8.42 Å². The van der Waals surface area contributed by atoms with Crippen LogP contribution in [0.4, 0.5) is 11.4 Å². The second kappa shape index (κ2) is 7.65. The van der Waals surface area contributed by atoms with Gasteiger partial charge in [0.25, 0.3) is 0 Å². The molecule has 7 nitrogen and oxygen atoms in total. The summed E-state index contributed by atoms with van der Waals surface area (Å²) in [5.74, 6) is 0.814. The molecule has 0 aromatic heterocycles. The van der Waals surface area contributed by atoms with E-state index in [4.69, 9.17) is 9.47 Å². The normalized spacial score (nSPS) is 13.1. The minimum Gasteiger partial charge on any atom is -0.486 e. The Kier molecular flexibility index (Phi) is 5.32. The number of sulfonamides is 1. The van der Waals surface area contributed by atoms with Gasteiger partial charge >= 0.3 is 0 Å². The van der Waals surface area contributed by atoms with E-state index in [-0.39, 0.29) is 18.9 Å². The van der Waals surface area contributed by atoms with E-state index in [0.29, 0.717) is 36.1 Å². The van der Waals surface area contributed by atoms with Crippen LogP contribution in [0.15, 0.2) is 48.5 Å². The second-order valence-corrected chi connectivity index (χ2v) is 7.73. The molecule has 0 saturated heterocycles. The molecule has 8 heteroatoms. The average Bonchev–Trinajstić information content (AvgIpc) is 2.61. The number of rotatable bonds is 6. The summed E-state index contributed by atoms with van der Waals surface area (Å²) >= 11 is 0. The predicted octanol–water partition coefficient (Wildman–Crippen LogP) is 2.25.